The van der Waals surface area contributed by atoms with Gasteiger partial charge in [-0.25, -0.2) is 0 Å². The summed E-state index contributed by atoms with van der Waals surface area (Å²) in [6.07, 6.45) is 5.09. The maximum absolute atomic E-state index is 6.10. The van der Waals surface area contributed by atoms with Crippen LogP contribution in [0.3, 0.4) is 0 Å². The van der Waals surface area contributed by atoms with Crippen LogP contribution in [0, 0.1) is 0 Å². The van der Waals surface area contributed by atoms with Crippen molar-refractivity contribution in [3.8, 4) is 0 Å². The summed E-state index contributed by atoms with van der Waals surface area (Å²) in [6, 6.07) is 0.924. The van der Waals surface area contributed by atoms with Crippen LogP contribution in [-0.4, -0.2) is 56.4 Å². The average Bonchev–Trinajstić information content (AvgIpc) is 2.33. The first-order chi connectivity index (χ1) is 7.86. The van der Waals surface area contributed by atoms with Crippen molar-refractivity contribution in [3.63, 3.8) is 0 Å². The van der Waals surface area contributed by atoms with E-state index < -0.39 is 0 Å². The van der Waals surface area contributed by atoms with E-state index in [1.54, 1.807) is 0 Å². The van der Waals surface area contributed by atoms with Crippen molar-refractivity contribution >= 4 is 0 Å². The summed E-state index contributed by atoms with van der Waals surface area (Å²) in [4.78, 5) is 2.46. The third-order valence-corrected chi connectivity index (χ3v) is 3.76. The van der Waals surface area contributed by atoms with E-state index in [-0.39, 0.29) is 0 Å². The summed E-state index contributed by atoms with van der Waals surface area (Å²) >= 11 is 0. The Balaban J connectivity index is 1.59. The summed E-state index contributed by atoms with van der Waals surface area (Å²) in [6.45, 7) is 6.15. The van der Waals surface area contributed by atoms with Gasteiger partial charge >= 0.3 is 0 Å². The normalized spacial score (nSPS) is 32.8. The molecule has 3 N–H and O–H groups in total. The lowest BCUT2D eigenvalue weighted by Gasteiger charge is -2.31. The van der Waals surface area contributed by atoms with Gasteiger partial charge in [-0.15, -0.1) is 0 Å². The number of nitrogens with zero attached hydrogens (tertiary/aromatic N) is 1. The molecule has 1 saturated carbocycles. The summed E-state index contributed by atoms with van der Waals surface area (Å²) < 4.78 is 5.33. The van der Waals surface area contributed by atoms with Gasteiger partial charge in [0.2, 0.25) is 0 Å². The van der Waals surface area contributed by atoms with Crippen LogP contribution in [0.2, 0.25) is 0 Å². The summed E-state index contributed by atoms with van der Waals surface area (Å²) in [7, 11) is 0. The molecule has 0 spiro atoms. The van der Waals surface area contributed by atoms with Crippen LogP contribution < -0.4 is 11.1 Å². The van der Waals surface area contributed by atoms with Crippen molar-refractivity contribution in [1.29, 1.82) is 0 Å². The molecular formula is C12H25N3O. The standard InChI is InChI=1S/C12H25N3O/c13-11-3-1-2-4-12(11)14-5-6-15-7-9-16-10-8-15/h11-12,14H,1-10,13H2/t11-,12+/m0/s1. The highest BCUT2D eigenvalue weighted by Gasteiger charge is 2.21. The number of ether oxygens (including phenoxy) is 1. The Hall–Kier alpha value is -0.160. The van der Waals surface area contributed by atoms with Crippen LogP contribution in [0.15, 0.2) is 0 Å². The van der Waals surface area contributed by atoms with E-state index >= 15 is 0 Å². The second-order valence-electron chi connectivity index (χ2n) is 4.96. The van der Waals surface area contributed by atoms with Gasteiger partial charge in [0.05, 0.1) is 13.2 Å². The molecule has 1 aliphatic carbocycles. The molecule has 0 aromatic carbocycles. The Morgan fingerprint density at radius 2 is 1.94 bits per heavy atom. The van der Waals surface area contributed by atoms with Crippen molar-refractivity contribution < 1.29 is 4.74 Å². The Kier molecular flexibility index (Phi) is 5.03. The minimum absolute atomic E-state index is 0.374. The minimum Gasteiger partial charge on any atom is -0.379 e. The van der Waals surface area contributed by atoms with E-state index in [0.717, 1.165) is 39.4 Å². The fourth-order valence-electron chi connectivity index (χ4n) is 2.65. The minimum atomic E-state index is 0.374. The Bertz CT molecular complexity index is 195. The van der Waals surface area contributed by atoms with E-state index in [4.69, 9.17) is 10.5 Å². The lowest BCUT2D eigenvalue weighted by atomic mass is 9.91. The molecule has 4 heteroatoms. The fourth-order valence-corrected chi connectivity index (χ4v) is 2.65. The molecule has 0 aromatic rings. The van der Waals surface area contributed by atoms with Crippen LogP contribution >= 0.6 is 0 Å². The van der Waals surface area contributed by atoms with E-state index in [1.165, 1.54) is 25.7 Å². The molecular weight excluding hydrogens is 202 g/mol. The van der Waals surface area contributed by atoms with Crippen LogP contribution in [0.1, 0.15) is 25.7 Å². The lowest BCUT2D eigenvalue weighted by Crippen LogP contribution is -2.49. The van der Waals surface area contributed by atoms with E-state index in [9.17, 15) is 0 Å². The lowest BCUT2D eigenvalue weighted by molar-refractivity contribution is 0.0379. The van der Waals surface area contributed by atoms with Crippen molar-refractivity contribution in [2.24, 2.45) is 5.73 Å². The van der Waals surface area contributed by atoms with Gasteiger partial charge in [0.15, 0.2) is 0 Å². The third kappa shape index (κ3) is 3.70. The van der Waals surface area contributed by atoms with Gasteiger partial charge in [0.1, 0.15) is 0 Å². The van der Waals surface area contributed by atoms with Crippen LogP contribution in [0.25, 0.3) is 0 Å². The number of nitrogens with two attached hydrogens (primary N) is 1. The summed E-state index contributed by atoms with van der Waals surface area (Å²) in [5.74, 6) is 0. The molecule has 16 heavy (non-hydrogen) atoms. The third-order valence-electron chi connectivity index (χ3n) is 3.76. The van der Waals surface area contributed by atoms with Crippen molar-refractivity contribution in [1.82, 2.24) is 10.2 Å². The highest BCUT2D eigenvalue weighted by Crippen LogP contribution is 2.16. The number of rotatable bonds is 4. The quantitative estimate of drug-likeness (QED) is 0.719. The van der Waals surface area contributed by atoms with Gasteiger partial charge in [-0.05, 0) is 12.8 Å². The molecule has 4 nitrogen and oxygen atoms in total. The highest BCUT2D eigenvalue weighted by molar-refractivity contribution is 4.83. The van der Waals surface area contributed by atoms with Crippen LogP contribution in [0.4, 0.5) is 0 Å². The predicted molar refractivity (Wildman–Crippen MR) is 65.5 cm³/mol. The van der Waals surface area contributed by atoms with Gasteiger partial charge in [0.25, 0.3) is 0 Å². The van der Waals surface area contributed by atoms with E-state index in [2.05, 4.69) is 10.2 Å². The molecule has 0 amide bonds. The zero-order valence-corrected chi connectivity index (χ0v) is 10.2. The molecule has 2 atom stereocenters. The molecule has 0 aromatic heterocycles. The second kappa shape index (κ2) is 6.55. The van der Waals surface area contributed by atoms with Gasteiger partial charge < -0.3 is 15.8 Å². The second-order valence-corrected chi connectivity index (χ2v) is 4.96. The SMILES string of the molecule is N[C@H]1CCCC[C@H]1NCCN1CCOCC1. The topological polar surface area (TPSA) is 50.5 Å². The van der Waals surface area contributed by atoms with Crippen LogP contribution in [-0.2, 0) is 4.74 Å². The fraction of sp³-hybridized carbons (Fsp3) is 1.00. The van der Waals surface area contributed by atoms with Crippen LogP contribution in [0.5, 0.6) is 0 Å². The zero-order valence-electron chi connectivity index (χ0n) is 10.2. The first-order valence-corrected chi connectivity index (χ1v) is 6.65. The Labute approximate surface area is 98.5 Å². The monoisotopic (exact) mass is 227 g/mol. The molecule has 1 aliphatic heterocycles. The average molecular weight is 227 g/mol. The molecule has 1 heterocycles. The van der Waals surface area contributed by atoms with Gasteiger partial charge in [0, 0.05) is 38.3 Å². The maximum atomic E-state index is 6.10. The summed E-state index contributed by atoms with van der Waals surface area (Å²) in [5, 5.41) is 3.61. The number of hydrogen-bond donors (Lipinski definition) is 2. The summed E-state index contributed by atoms with van der Waals surface area (Å²) in [5.41, 5.74) is 6.10. The highest BCUT2D eigenvalue weighted by atomic mass is 16.5. The number of hydrogen-bond acceptors (Lipinski definition) is 4. The largest absolute Gasteiger partial charge is 0.379 e. The van der Waals surface area contributed by atoms with Crippen molar-refractivity contribution in [3.05, 3.63) is 0 Å². The smallest absolute Gasteiger partial charge is 0.0594 e. The predicted octanol–water partition coefficient (Wildman–Crippen LogP) is 0.178. The molecule has 0 unspecified atom stereocenters. The van der Waals surface area contributed by atoms with Gasteiger partial charge in [-0.2, -0.15) is 0 Å². The van der Waals surface area contributed by atoms with Crippen molar-refractivity contribution in [2.75, 3.05) is 39.4 Å². The molecule has 2 aliphatic rings. The molecule has 94 valence electrons. The van der Waals surface area contributed by atoms with E-state index in [1.807, 2.05) is 0 Å². The zero-order chi connectivity index (χ0) is 11.2. The molecule has 2 fully saturated rings. The number of morpholine rings is 1. The molecule has 2 rings (SSSR count). The Morgan fingerprint density at radius 3 is 2.69 bits per heavy atom. The number of nitrogens with one attached hydrogen (secondary N) is 1. The first-order valence-electron chi connectivity index (χ1n) is 6.65. The van der Waals surface area contributed by atoms with Gasteiger partial charge in [-0.3, -0.25) is 4.90 Å². The Morgan fingerprint density at radius 1 is 1.19 bits per heavy atom. The molecule has 0 bridgehead atoms. The van der Waals surface area contributed by atoms with Crippen molar-refractivity contribution in [2.45, 2.75) is 37.8 Å². The maximum Gasteiger partial charge on any atom is 0.0594 e. The first kappa shape index (κ1) is 12.3. The van der Waals surface area contributed by atoms with E-state index in [0.29, 0.717) is 12.1 Å². The van der Waals surface area contributed by atoms with Gasteiger partial charge in [-0.1, -0.05) is 12.8 Å². The molecule has 0 radical (unpaired) electrons. The molecule has 1 saturated heterocycles.